The zero-order valence-electron chi connectivity index (χ0n) is 40.4. The summed E-state index contributed by atoms with van der Waals surface area (Å²) in [6, 6.07) is 9.60. The largest absolute Gasteiger partial charge is 0.465 e. The summed E-state index contributed by atoms with van der Waals surface area (Å²) >= 11 is 0. The Morgan fingerprint density at radius 3 is 1.46 bits per heavy atom. The number of ether oxygens (including phenoxy) is 3. The van der Waals surface area contributed by atoms with Crippen LogP contribution >= 0.6 is 0 Å². The number of nitrogens with one attached hydrogen (secondary N) is 2. The third-order valence-electron chi connectivity index (χ3n) is 10.9. The van der Waals surface area contributed by atoms with E-state index in [9.17, 15) is 24.3 Å². The van der Waals surface area contributed by atoms with Crippen LogP contribution in [0.4, 0.5) is 28.0 Å². The van der Waals surface area contributed by atoms with E-state index in [1.165, 1.54) is 12.1 Å². The average molecular weight is 945 g/mol. The number of halogens is 2. The first-order valence-electron chi connectivity index (χ1n) is 22.6. The second-order valence-corrected chi connectivity index (χ2v) is 19.9. The van der Waals surface area contributed by atoms with Crippen LogP contribution in [0.15, 0.2) is 58.5 Å². The molecular formula is C48H62F2N10O8. The number of alkyl carbamates (subject to hydrolysis) is 1. The van der Waals surface area contributed by atoms with Gasteiger partial charge >= 0.3 is 24.4 Å². The number of guanidine groups is 2. The van der Waals surface area contributed by atoms with Crippen LogP contribution in [0.1, 0.15) is 105 Å². The van der Waals surface area contributed by atoms with Crippen molar-refractivity contribution in [3.8, 4) is 22.8 Å². The van der Waals surface area contributed by atoms with Gasteiger partial charge in [0, 0.05) is 32.2 Å². The van der Waals surface area contributed by atoms with Crippen molar-refractivity contribution in [2.75, 3.05) is 46.3 Å². The number of aliphatic imine (C=N–C) groups is 2. The van der Waals surface area contributed by atoms with Gasteiger partial charge in [0.15, 0.2) is 11.6 Å². The SMILES string of the molecule is CN1CCC(n2c(-c3ccc(C4=CCN(C(=NC(=O)OC(C)(C)C)NC(=O)O)CC4)cc3F)nnc2-c2ccc(C3=CCN(C(=NC(=O)OC(C)(C)C)NC(=O)OC(C)(C)C)CC3)cc2F)CC1. The first-order valence-corrected chi connectivity index (χ1v) is 22.6. The highest BCUT2D eigenvalue weighted by atomic mass is 19.1. The topological polar surface area (TPSA) is 205 Å². The maximum Gasteiger partial charge on any atom is 0.437 e. The molecule has 20 heteroatoms. The highest BCUT2D eigenvalue weighted by Crippen LogP contribution is 2.37. The van der Waals surface area contributed by atoms with Crippen LogP contribution < -0.4 is 10.6 Å². The zero-order chi connectivity index (χ0) is 49.7. The molecule has 18 nitrogen and oxygen atoms in total. The molecule has 0 bridgehead atoms. The minimum Gasteiger partial charge on any atom is -0.465 e. The molecule has 3 aliphatic heterocycles. The van der Waals surface area contributed by atoms with Crippen LogP contribution in [0.3, 0.4) is 0 Å². The molecule has 68 heavy (non-hydrogen) atoms. The molecule has 366 valence electrons. The predicted octanol–water partition coefficient (Wildman–Crippen LogP) is 8.71. The van der Waals surface area contributed by atoms with E-state index in [-0.39, 0.29) is 60.4 Å². The number of nitrogens with zero attached hydrogens (tertiary/aromatic N) is 8. The van der Waals surface area contributed by atoms with Gasteiger partial charge < -0.3 is 38.6 Å². The third-order valence-corrected chi connectivity index (χ3v) is 10.9. The summed E-state index contributed by atoms with van der Waals surface area (Å²) in [5, 5.41) is 23.1. The van der Waals surface area contributed by atoms with Crippen LogP contribution in [0, 0.1) is 11.6 Å². The molecule has 6 rings (SSSR count). The molecule has 0 atom stereocenters. The second kappa shape index (κ2) is 20.7. The Hall–Kier alpha value is -6.70. The summed E-state index contributed by atoms with van der Waals surface area (Å²) in [6.45, 7) is 17.9. The van der Waals surface area contributed by atoms with E-state index >= 15 is 8.78 Å². The lowest BCUT2D eigenvalue weighted by Gasteiger charge is -2.31. The number of aromatic nitrogens is 3. The average Bonchev–Trinajstić information content (AvgIpc) is 3.65. The predicted molar refractivity (Wildman–Crippen MR) is 253 cm³/mol. The normalized spacial score (nSPS) is 17.0. The molecule has 0 radical (unpaired) electrons. The molecule has 4 amide bonds. The number of carboxylic acid groups (broad SMARTS) is 1. The number of amides is 4. The van der Waals surface area contributed by atoms with Gasteiger partial charge in [-0.05, 0) is 155 Å². The van der Waals surface area contributed by atoms with Gasteiger partial charge in [0.2, 0.25) is 11.9 Å². The lowest BCUT2D eigenvalue weighted by molar-refractivity contribution is 0.0550. The van der Waals surface area contributed by atoms with E-state index in [1.54, 1.807) is 96.4 Å². The number of carbonyl (C=O) groups excluding carboxylic acids is 3. The summed E-state index contributed by atoms with van der Waals surface area (Å²) in [4.78, 5) is 62.8. The van der Waals surface area contributed by atoms with Crippen LogP contribution in [0.2, 0.25) is 0 Å². The molecule has 0 spiro atoms. The van der Waals surface area contributed by atoms with Gasteiger partial charge in [-0.2, -0.15) is 0 Å². The number of rotatable bonds is 5. The van der Waals surface area contributed by atoms with Gasteiger partial charge in [-0.25, -0.2) is 28.0 Å². The summed E-state index contributed by atoms with van der Waals surface area (Å²) < 4.78 is 50.7. The Morgan fingerprint density at radius 2 is 1.09 bits per heavy atom. The van der Waals surface area contributed by atoms with Crippen molar-refractivity contribution in [1.82, 2.24) is 40.1 Å². The zero-order valence-corrected chi connectivity index (χ0v) is 40.4. The molecule has 4 heterocycles. The third kappa shape index (κ3) is 13.7. The Bertz CT molecular complexity index is 2520. The van der Waals surface area contributed by atoms with Crippen LogP contribution in [0.25, 0.3) is 33.9 Å². The molecular weight excluding hydrogens is 883 g/mol. The fourth-order valence-electron chi connectivity index (χ4n) is 7.89. The number of likely N-dealkylation sites (tertiary alicyclic amines) is 1. The van der Waals surface area contributed by atoms with Gasteiger partial charge in [0.1, 0.15) is 28.4 Å². The van der Waals surface area contributed by atoms with Gasteiger partial charge in [0.25, 0.3) is 0 Å². The van der Waals surface area contributed by atoms with E-state index in [1.807, 2.05) is 23.8 Å². The maximum atomic E-state index is 16.5. The smallest absolute Gasteiger partial charge is 0.437 e. The van der Waals surface area contributed by atoms with Gasteiger partial charge in [0.05, 0.1) is 11.1 Å². The van der Waals surface area contributed by atoms with Crippen molar-refractivity contribution in [2.24, 2.45) is 9.98 Å². The monoisotopic (exact) mass is 944 g/mol. The molecule has 3 aromatic rings. The maximum absolute atomic E-state index is 16.5. The van der Waals surface area contributed by atoms with Crippen molar-refractivity contribution >= 4 is 47.4 Å². The van der Waals surface area contributed by atoms with Crippen molar-refractivity contribution < 1.29 is 47.3 Å². The van der Waals surface area contributed by atoms with Crippen LogP contribution in [0.5, 0.6) is 0 Å². The van der Waals surface area contributed by atoms with E-state index < -0.39 is 52.8 Å². The van der Waals surface area contributed by atoms with E-state index in [4.69, 9.17) is 14.2 Å². The van der Waals surface area contributed by atoms with Crippen LogP contribution in [-0.2, 0) is 14.2 Å². The fourth-order valence-corrected chi connectivity index (χ4v) is 7.89. The van der Waals surface area contributed by atoms with Gasteiger partial charge in [-0.1, -0.05) is 24.3 Å². The lowest BCUT2D eigenvalue weighted by Crippen LogP contribution is -2.48. The highest BCUT2D eigenvalue weighted by Gasteiger charge is 2.30. The molecule has 2 aromatic carbocycles. The second-order valence-electron chi connectivity index (χ2n) is 19.9. The van der Waals surface area contributed by atoms with Gasteiger partial charge in [-0.3, -0.25) is 10.6 Å². The molecule has 0 aliphatic carbocycles. The minimum atomic E-state index is -1.39. The summed E-state index contributed by atoms with van der Waals surface area (Å²) in [7, 11) is 2.03. The number of benzene rings is 2. The molecule has 3 aliphatic rings. The number of hydrogen-bond acceptors (Lipinski definition) is 10. The standard InChI is InChI=1S/C48H62F2N10O8/c1-46(2,3)66-43(63)52-40(51-42(61)62)58-23-15-29(16-24-58)31-11-13-34(36(49)27-31)38-55-56-39(60(38)33-19-21-57(10)22-20-33)35-14-12-32(28-37(35)50)30-17-25-59(26-18-30)41(53-44(64)67-47(4,5)6)54-45(65)68-48(7,8)9/h11-15,17,27-28,33H,16,18-26H2,1-10H3,(H,61,62)(H,51,52,63)(H,53,54,64,65). The molecule has 1 aromatic heterocycles. The fraction of sp³-hybridized carbons (Fsp3) is 0.500. The van der Waals surface area contributed by atoms with E-state index in [0.29, 0.717) is 43.4 Å². The molecule has 1 fully saturated rings. The van der Waals surface area contributed by atoms with Gasteiger partial charge in [-0.15, -0.1) is 20.2 Å². The minimum absolute atomic E-state index is 0.0344. The van der Waals surface area contributed by atoms with E-state index in [0.717, 1.165) is 24.2 Å². The Morgan fingerprint density at radius 1 is 0.662 bits per heavy atom. The Kier molecular flexibility index (Phi) is 15.4. The number of piperidine rings is 1. The Labute approximate surface area is 395 Å². The van der Waals surface area contributed by atoms with E-state index in [2.05, 4.69) is 35.7 Å². The number of carbonyl (C=O) groups is 4. The molecule has 3 N–H and O–H groups in total. The van der Waals surface area contributed by atoms with Crippen molar-refractivity contribution in [1.29, 1.82) is 0 Å². The lowest BCUT2D eigenvalue weighted by atomic mass is 9.97. The van der Waals surface area contributed by atoms with Crippen molar-refractivity contribution in [3.05, 3.63) is 71.3 Å². The first-order chi connectivity index (χ1) is 31.8. The highest BCUT2D eigenvalue weighted by molar-refractivity contribution is 6.00. The summed E-state index contributed by atoms with van der Waals surface area (Å²) in [6.07, 6.45) is 1.93. The molecule has 1 saturated heterocycles. The Balaban J connectivity index is 1.24. The molecule has 0 unspecified atom stereocenters. The quantitative estimate of drug-likeness (QED) is 0.125. The van der Waals surface area contributed by atoms with Crippen molar-refractivity contribution in [3.63, 3.8) is 0 Å². The number of hydrogen-bond donors (Lipinski definition) is 3. The molecule has 0 saturated carbocycles. The first kappa shape index (κ1) is 50.7. The van der Waals surface area contributed by atoms with Crippen molar-refractivity contribution in [2.45, 2.75) is 111 Å². The summed E-state index contributed by atoms with van der Waals surface area (Å²) in [5.41, 5.74) is 0.869. The van der Waals surface area contributed by atoms with Crippen LogP contribution in [-0.4, -0.2) is 134 Å². The summed E-state index contributed by atoms with van der Waals surface area (Å²) in [5.74, 6) is -0.751.